The maximum atomic E-state index is 10.3. The van der Waals surface area contributed by atoms with Gasteiger partial charge in [0.05, 0.1) is 12.1 Å². The molecule has 0 aromatic carbocycles. The van der Waals surface area contributed by atoms with Crippen LogP contribution in [0.3, 0.4) is 0 Å². The number of hydrogen-bond acceptors (Lipinski definition) is 2. The molecule has 3 aliphatic carbocycles. The van der Waals surface area contributed by atoms with Gasteiger partial charge in [-0.3, -0.25) is 0 Å². The van der Waals surface area contributed by atoms with Crippen LogP contribution < -0.4 is 0 Å². The Morgan fingerprint density at radius 2 is 1.73 bits per heavy atom. The van der Waals surface area contributed by atoms with Crippen molar-refractivity contribution in [3.05, 3.63) is 95.3 Å². The Labute approximate surface area is 303 Å². The standard InChI is InChI=1S/C47H72N2/c1-16-22-31(6)39(18-3)40(19-4)34(9)44(20-5)49(38-24-21-23-35(27-38)30-48)45-41-26-25-37(47(13,14)15)29-42(41)32(7)33(8)43(45)28-36(17-2)46(10,11)12/h17-18,20,25-26,28,32,34-35,37-38,40,42,44H,2-3,5,16,19,21-24,27,29H2,1,4,6-15H3/b36-28+,39-31+. The van der Waals surface area contributed by atoms with E-state index in [2.05, 4.69) is 150 Å². The fourth-order valence-corrected chi connectivity index (χ4v) is 9.25. The molecule has 8 unspecified atom stereocenters. The molecule has 3 aliphatic rings. The van der Waals surface area contributed by atoms with Crippen LogP contribution >= 0.6 is 0 Å². The quantitative estimate of drug-likeness (QED) is 0.145. The second-order valence-electron chi connectivity index (χ2n) is 17.8. The topological polar surface area (TPSA) is 27.0 Å². The molecular weight excluding hydrogens is 593 g/mol. The Kier molecular flexibility index (Phi) is 14.1. The lowest BCUT2D eigenvalue weighted by molar-refractivity contribution is 0.109. The number of rotatable bonds is 13. The van der Waals surface area contributed by atoms with Crippen LogP contribution in [0.2, 0.25) is 0 Å². The molecule has 0 saturated heterocycles. The second kappa shape index (κ2) is 16.9. The Morgan fingerprint density at radius 3 is 2.24 bits per heavy atom. The maximum Gasteiger partial charge on any atom is 0.0656 e. The highest BCUT2D eigenvalue weighted by atomic mass is 15.2. The van der Waals surface area contributed by atoms with Crippen LogP contribution in [0.25, 0.3) is 0 Å². The van der Waals surface area contributed by atoms with Crippen LogP contribution in [0.15, 0.2) is 95.3 Å². The van der Waals surface area contributed by atoms with Gasteiger partial charge in [-0.05, 0) is 121 Å². The van der Waals surface area contributed by atoms with Crippen molar-refractivity contribution in [1.29, 1.82) is 5.26 Å². The summed E-state index contributed by atoms with van der Waals surface area (Å²) in [4.78, 5) is 2.81. The van der Waals surface area contributed by atoms with Crippen molar-refractivity contribution in [3.8, 4) is 6.07 Å². The van der Waals surface area contributed by atoms with E-state index >= 15 is 0 Å². The molecule has 2 heteroatoms. The minimum Gasteiger partial charge on any atom is -0.361 e. The molecule has 0 aromatic rings. The third-order valence-electron chi connectivity index (χ3n) is 12.5. The van der Waals surface area contributed by atoms with E-state index in [9.17, 15) is 5.26 Å². The van der Waals surface area contributed by atoms with Gasteiger partial charge in [-0.15, -0.1) is 6.58 Å². The van der Waals surface area contributed by atoms with E-state index in [1.54, 1.807) is 0 Å². The van der Waals surface area contributed by atoms with Crippen molar-refractivity contribution in [2.24, 2.45) is 46.3 Å². The third-order valence-corrected chi connectivity index (χ3v) is 12.5. The molecule has 2 nitrogen and oxygen atoms in total. The molecule has 49 heavy (non-hydrogen) atoms. The zero-order valence-electron chi connectivity index (χ0n) is 33.8. The maximum absolute atomic E-state index is 10.3. The lowest BCUT2D eigenvalue weighted by atomic mass is 9.63. The number of allylic oxidation sites excluding steroid dienone is 10. The number of nitrogens with zero attached hydrogens (tertiary/aromatic N) is 2. The van der Waals surface area contributed by atoms with E-state index in [1.165, 1.54) is 39.1 Å². The monoisotopic (exact) mass is 665 g/mol. The van der Waals surface area contributed by atoms with Gasteiger partial charge in [0.25, 0.3) is 0 Å². The van der Waals surface area contributed by atoms with Crippen molar-refractivity contribution in [1.82, 2.24) is 4.90 Å². The first-order valence-electron chi connectivity index (χ1n) is 19.6. The molecular formula is C47H72N2. The highest BCUT2D eigenvalue weighted by molar-refractivity contribution is 5.56. The van der Waals surface area contributed by atoms with Gasteiger partial charge in [0, 0.05) is 17.7 Å². The van der Waals surface area contributed by atoms with Gasteiger partial charge in [0.15, 0.2) is 0 Å². The molecule has 1 fully saturated rings. The van der Waals surface area contributed by atoms with E-state index in [0.717, 1.165) is 51.4 Å². The SMILES string of the molecule is C=C/C(=C\C1=C(C)C(C)C2CC(C(C)(C)C)C=CC2=C1N(C1CCCC(C#N)C1)C(C=C)C(C)C(CC)/C(C=C)=C(\C)CCC)C(C)(C)C. The van der Waals surface area contributed by atoms with Gasteiger partial charge >= 0.3 is 0 Å². The van der Waals surface area contributed by atoms with Crippen LogP contribution in [0.5, 0.6) is 0 Å². The molecule has 0 heterocycles. The van der Waals surface area contributed by atoms with E-state index in [-0.39, 0.29) is 28.8 Å². The van der Waals surface area contributed by atoms with E-state index in [0.29, 0.717) is 29.6 Å². The highest BCUT2D eigenvalue weighted by Crippen LogP contribution is 2.52. The van der Waals surface area contributed by atoms with Gasteiger partial charge in [0.1, 0.15) is 0 Å². The van der Waals surface area contributed by atoms with Crippen molar-refractivity contribution in [3.63, 3.8) is 0 Å². The van der Waals surface area contributed by atoms with Crippen LogP contribution in [-0.2, 0) is 0 Å². The summed E-state index contributed by atoms with van der Waals surface area (Å²) in [6.45, 7) is 41.6. The molecule has 0 bridgehead atoms. The van der Waals surface area contributed by atoms with Crippen molar-refractivity contribution < 1.29 is 0 Å². The average Bonchev–Trinajstić information content (AvgIpc) is 3.05. The fourth-order valence-electron chi connectivity index (χ4n) is 9.25. The summed E-state index contributed by atoms with van der Waals surface area (Å²) in [5.74, 6) is 2.15. The van der Waals surface area contributed by atoms with Crippen LogP contribution in [0, 0.1) is 57.7 Å². The molecule has 3 rings (SSSR count). The smallest absolute Gasteiger partial charge is 0.0656 e. The minimum absolute atomic E-state index is 0.0366. The Balaban J connectivity index is 2.46. The predicted molar refractivity (Wildman–Crippen MR) is 215 cm³/mol. The fraction of sp³-hybridized carbons (Fsp3) is 0.638. The minimum atomic E-state index is -0.0366. The van der Waals surface area contributed by atoms with Gasteiger partial charge < -0.3 is 4.90 Å². The van der Waals surface area contributed by atoms with Gasteiger partial charge in [-0.1, -0.05) is 137 Å². The first-order valence-corrected chi connectivity index (χ1v) is 19.6. The van der Waals surface area contributed by atoms with Gasteiger partial charge in [-0.25, -0.2) is 0 Å². The normalized spacial score (nSPS) is 27.4. The number of nitriles is 1. The first-order chi connectivity index (χ1) is 23.0. The predicted octanol–water partition coefficient (Wildman–Crippen LogP) is 13.5. The largest absolute Gasteiger partial charge is 0.361 e. The van der Waals surface area contributed by atoms with Gasteiger partial charge in [0.2, 0.25) is 0 Å². The molecule has 0 aliphatic heterocycles. The molecule has 0 radical (unpaired) electrons. The number of fused-ring (bicyclic) bond motifs is 1. The van der Waals surface area contributed by atoms with Crippen LogP contribution in [0.1, 0.15) is 134 Å². The number of hydrogen-bond donors (Lipinski definition) is 0. The van der Waals surface area contributed by atoms with Crippen molar-refractivity contribution >= 4 is 0 Å². The molecule has 8 atom stereocenters. The Hall–Kier alpha value is -2.79. The Bertz CT molecular complexity index is 1400. The zero-order chi connectivity index (χ0) is 36.8. The zero-order valence-corrected chi connectivity index (χ0v) is 33.8. The summed E-state index contributed by atoms with van der Waals surface area (Å²) in [6, 6.07) is 3.05. The first kappa shape index (κ1) is 40.6. The molecule has 0 amide bonds. The third kappa shape index (κ3) is 8.93. The highest BCUT2D eigenvalue weighted by Gasteiger charge is 2.44. The molecule has 0 spiro atoms. The summed E-state index contributed by atoms with van der Waals surface area (Å²) in [6.07, 6.45) is 22.5. The molecule has 270 valence electrons. The summed E-state index contributed by atoms with van der Waals surface area (Å²) >= 11 is 0. The molecule has 1 saturated carbocycles. The van der Waals surface area contributed by atoms with E-state index < -0.39 is 0 Å². The average molecular weight is 665 g/mol. The van der Waals surface area contributed by atoms with Crippen LogP contribution in [0.4, 0.5) is 0 Å². The van der Waals surface area contributed by atoms with Crippen LogP contribution in [-0.4, -0.2) is 17.0 Å². The van der Waals surface area contributed by atoms with Gasteiger partial charge in [-0.2, -0.15) is 5.26 Å². The Morgan fingerprint density at radius 1 is 1.06 bits per heavy atom. The van der Waals surface area contributed by atoms with E-state index in [1.807, 2.05) is 0 Å². The summed E-state index contributed by atoms with van der Waals surface area (Å²) in [7, 11) is 0. The summed E-state index contributed by atoms with van der Waals surface area (Å²) < 4.78 is 0. The lowest BCUT2D eigenvalue weighted by Crippen LogP contribution is -2.50. The second-order valence-corrected chi connectivity index (χ2v) is 17.8. The summed E-state index contributed by atoms with van der Waals surface area (Å²) in [5.41, 5.74) is 10.0. The molecule has 0 aromatic heterocycles. The molecule has 0 N–H and O–H groups in total. The van der Waals surface area contributed by atoms with Crippen molar-refractivity contribution in [2.45, 2.75) is 147 Å². The van der Waals surface area contributed by atoms with E-state index in [4.69, 9.17) is 0 Å². The van der Waals surface area contributed by atoms with Crippen molar-refractivity contribution in [2.75, 3.05) is 0 Å². The summed E-state index contributed by atoms with van der Waals surface area (Å²) in [5, 5.41) is 10.3. The lowest BCUT2D eigenvalue weighted by Gasteiger charge is -2.51.